The maximum atomic E-state index is 12.6. The molecule has 0 aliphatic heterocycles. The lowest BCUT2D eigenvalue weighted by atomic mass is 9.86. The smallest absolute Gasteiger partial charge is 0.227 e. The molecule has 132 valence electrons. The first-order valence-electron chi connectivity index (χ1n) is 8.77. The fourth-order valence-corrected chi connectivity index (χ4v) is 3.36. The number of anilines is 2. The fraction of sp³-hybridized carbons (Fsp3) is 0.421. The summed E-state index contributed by atoms with van der Waals surface area (Å²) in [6, 6.07) is 7.30. The number of carbonyl (C=O) groups excluding carboxylic acids is 1. The number of rotatable bonds is 5. The van der Waals surface area contributed by atoms with E-state index in [0.717, 1.165) is 43.1 Å². The number of halogens is 1. The zero-order valence-corrected chi connectivity index (χ0v) is 15.4. The third kappa shape index (κ3) is 3.93. The van der Waals surface area contributed by atoms with E-state index in [0.29, 0.717) is 17.1 Å². The Bertz CT molecular complexity index is 761. The van der Waals surface area contributed by atoms with Crippen molar-refractivity contribution >= 4 is 29.1 Å². The fourth-order valence-electron chi connectivity index (χ4n) is 3.18. The molecule has 0 saturated heterocycles. The van der Waals surface area contributed by atoms with Crippen LogP contribution in [0.3, 0.4) is 0 Å². The van der Waals surface area contributed by atoms with Crippen LogP contribution in [-0.2, 0) is 17.6 Å². The van der Waals surface area contributed by atoms with E-state index in [-0.39, 0.29) is 11.8 Å². The van der Waals surface area contributed by atoms with Gasteiger partial charge in [-0.3, -0.25) is 4.79 Å². The first-order chi connectivity index (χ1) is 12.1. The predicted molar refractivity (Wildman–Crippen MR) is 101 cm³/mol. The molecule has 0 bridgehead atoms. The maximum Gasteiger partial charge on any atom is 0.227 e. The molecular weight excluding hydrogens is 336 g/mol. The summed E-state index contributed by atoms with van der Waals surface area (Å²) in [4.78, 5) is 23.9. The van der Waals surface area contributed by atoms with Crippen LogP contribution in [0.15, 0.2) is 30.5 Å². The third-order valence-electron chi connectivity index (χ3n) is 4.69. The lowest BCUT2D eigenvalue weighted by Crippen LogP contribution is -2.30. The number of hydrogen-bond acceptors (Lipinski definition) is 4. The minimum atomic E-state index is -0.0772. The van der Waals surface area contributed by atoms with Crippen LogP contribution in [0.4, 0.5) is 11.6 Å². The number of amides is 1. The Kier molecular flexibility index (Phi) is 5.53. The van der Waals surface area contributed by atoms with Crippen LogP contribution < -0.4 is 10.2 Å². The molecule has 5 nitrogen and oxygen atoms in total. The molecule has 2 aromatic rings. The molecule has 1 heterocycles. The molecule has 1 aliphatic carbocycles. The Balaban J connectivity index is 1.71. The van der Waals surface area contributed by atoms with Gasteiger partial charge in [-0.05, 0) is 50.8 Å². The van der Waals surface area contributed by atoms with Gasteiger partial charge >= 0.3 is 0 Å². The molecule has 0 spiro atoms. The van der Waals surface area contributed by atoms with E-state index >= 15 is 0 Å². The lowest BCUT2D eigenvalue weighted by molar-refractivity contribution is -0.120. The van der Waals surface area contributed by atoms with Crippen molar-refractivity contribution in [1.29, 1.82) is 0 Å². The largest absolute Gasteiger partial charge is 0.341 e. The van der Waals surface area contributed by atoms with Gasteiger partial charge in [0, 0.05) is 30.9 Å². The van der Waals surface area contributed by atoms with Crippen molar-refractivity contribution in [3.63, 3.8) is 0 Å². The van der Waals surface area contributed by atoms with E-state index in [9.17, 15) is 4.79 Å². The Morgan fingerprint density at radius 2 is 2.08 bits per heavy atom. The van der Waals surface area contributed by atoms with Gasteiger partial charge in [0.05, 0.1) is 10.7 Å². The second-order valence-corrected chi connectivity index (χ2v) is 6.63. The second-order valence-electron chi connectivity index (χ2n) is 6.22. The average Bonchev–Trinajstić information content (AvgIpc) is 2.64. The summed E-state index contributed by atoms with van der Waals surface area (Å²) in [5.41, 5.74) is 2.80. The van der Waals surface area contributed by atoms with Gasteiger partial charge in [-0.2, -0.15) is 0 Å². The highest BCUT2D eigenvalue weighted by molar-refractivity contribution is 6.33. The molecule has 1 amide bonds. The number of fused-ring (bicyclic) bond motifs is 1. The molecule has 0 fully saturated rings. The van der Waals surface area contributed by atoms with Crippen molar-refractivity contribution in [1.82, 2.24) is 9.97 Å². The van der Waals surface area contributed by atoms with Gasteiger partial charge in [0.15, 0.2) is 0 Å². The highest BCUT2D eigenvalue weighted by Crippen LogP contribution is 2.27. The van der Waals surface area contributed by atoms with Crippen LogP contribution in [0.25, 0.3) is 0 Å². The van der Waals surface area contributed by atoms with Gasteiger partial charge < -0.3 is 10.2 Å². The molecule has 0 saturated carbocycles. The van der Waals surface area contributed by atoms with Crippen LogP contribution >= 0.6 is 11.6 Å². The van der Waals surface area contributed by atoms with Crippen molar-refractivity contribution < 1.29 is 4.79 Å². The summed E-state index contributed by atoms with van der Waals surface area (Å²) in [5.74, 6) is 0.709. The lowest BCUT2D eigenvalue weighted by Gasteiger charge is -2.25. The quantitative estimate of drug-likeness (QED) is 0.885. The first kappa shape index (κ1) is 17.7. The van der Waals surface area contributed by atoms with Crippen LogP contribution in [0, 0.1) is 5.92 Å². The van der Waals surface area contributed by atoms with Crippen LogP contribution in [0.1, 0.15) is 31.5 Å². The van der Waals surface area contributed by atoms with Crippen molar-refractivity contribution in [3.05, 3.63) is 46.7 Å². The normalized spacial score (nSPS) is 16.2. The molecule has 1 aromatic carbocycles. The van der Waals surface area contributed by atoms with E-state index in [1.807, 2.05) is 24.4 Å². The van der Waals surface area contributed by atoms with Gasteiger partial charge in [-0.15, -0.1) is 0 Å². The zero-order valence-electron chi connectivity index (χ0n) is 14.6. The topological polar surface area (TPSA) is 58.1 Å². The van der Waals surface area contributed by atoms with Crippen LogP contribution in [0.5, 0.6) is 0 Å². The third-order valence-corrected chi connectivity index (χ3v) is 5.02. The Morgan fingerprint density at radius 3 is 2.80 bits per heavy atom. The summed E-state index contributed by atoms with van der Waals surface area (Å²) in [7, 11) is 0. The van der Waals surface area contributed by atoms with Gasteiger partial charge in [-0.1, -0.05) is 23.7 Å². The van der Waals surface area contributed by atoms with Crippen molar-refractivity contribution in [2.45, 2.75) is 33.1 Å². The predicted octanol–water partition coefficient (Wildman–Crippen LogP) is 3.72. The summed E-state index contributed by atoms with van der Waals surface area (Å²) in [5, 5.41) is 3.49. The minimum absolute atomic E-state index is 0.00608. The number of hydrogen-bond donors (Lipinski definition) is 1. The van der Waals surface area contributed by atoms with Gasteiger partial charge in [0.1, 0.15) is 0 Å². The molecule has 0 unspecified atom stereocenters. The van der Waals surface area contributed by atoms with Gasteiger partial charge in [0.25, 0.3) is 0 Å². The van der Waals surface area contributed by atoms with Crippen molar-refractivity contribution in [3.8, 4) is 0 Å². The van der Waals surface area contributed by atoms with Crippen LogP contribution in [0.2, 0.25) is 5.02 Å². The Labute approximate surface area is 153 Å². The van der Waals surface area contributed by atoms with E-state index in [1.165, 1.54) is 0 Å². The number of aryl methyl sites for hydroxylation is 1. The van der Waals surface area contributed by atoms with E-state index in [2.05, 4.69) is 29.0 Å². The highest BCUT2D eigenvalue weighted by atomic mass is 35.5. The average molecular weight is 359 g/mol. The Hall–Kier alpha value is -2.14. The standard InChI is InChI=1S/C19H23ClN4O/c1-3-24(4-2)19-21-12-14-11-13(9-10-16(14)23-19)18(25)22-17-8-6-5-7-15(17)20/h5-8,12-13H,3-4,9-11H2,1-2H3,(H,22,25)/t13-/m0/s1. The maximum absolute atomic E-state index is 12.6. The molecule has 25 heavy (non-hydrogen) atoms. The molecule has 3 rings (SSSR count). The number of carbonyl (C=O) groups is 1. The zero-order chi connectivity index (χ0) is 17.8. The van der Waals surface area contributed by atoms with Gasteiger partial charge in [0.2, 0.25) is 11.9 Å². The van der Waals surface area contributed by atoms with Crippen molar-refractivity contribution in [2.75, 3.05) is 23.3 Å². The number of nitrogens with zero attached hydrogens (tertiary/aromatic N) is 3. The minimum Gasteiger partial charge on any atom is -0.341 e. The molecule has 1 aliphatic rings. The molecule has 1 atom stereocenters. The van der Waals surface area contributed by atoms with Crippen LogP contribution in [-0.4, -0.2) is 29.0 Å². The summed E-state index contributed by atoms with van der Waals surface area (Å²) in [6.07, 6.45) is 4.14. The molecule has 0 radical (unpaired) electrons. The van der Waals surface area contributed by atoms with E-state index in [4.69, 9.17) is 16.6 Å². The number of para-hydroxylation sites is 1. The number of benzene rings is 1. The summed E-state index contributed by atoms with van der Waals surface area (Å²) >= 11 is 6.12. The number of aromatic nitrogens is 2. The first-order valence-corrected chi connectivity index (χ1v) is 9.15. The molecule has 6 heteroatoms. The van der Waals surface area contributed by atoms with Crippen molar-refractivity contribution in [2.24, 2.45) is 5.92 Å². The number of nitrogens with one attached hydrogen (secondary N) is 1. The monoisotopic (exact) mass is 358 g/mol. The van der Waals surface area contributed by atoms with E-state index < -0.39 is 0 Å². The molecule has 1 N–H and O–H groups in total. The second kappa shape index (κ2) is 7.83. The summed E-state index contributed by atoms with van der Waals surface area (Å²) in [6.45, 7) is 5.97. The highest BCUT2D eigenvalue weighted by Gasteiger charge is 2.26. The van der Waals surface area contributed by atoms with Gasteiger partial charge in [-0.25, -0.2) is 9.97 Å². The van der Waals surface area contributed by atoms with E-state index in [1.54, 1.807) is 6.07 Å². The Morgan fingerprint density at radius 1 is 1.32 bits per heavy atom. The molecular formula is C19H23ClN4O. The SMILES string of the molecule is CCN(CC)c1ncc2c(n1)CC[C@H](C(=O)Nc1ccccc1Cl)C2. The molecule has 1 aromatic heterocycles. The summed E-state index contributed by atoms with van der Waals surface area (Å²) < 4.78 is 0.